The van der Waals surface area contributed by atoms with Crippen LogP contribution in [0.15, 0.2) is 24.3 Å². The quantitative estimate of drug-likeness (QED) is 0.630. The highest BCUT2D eigenvalue weighted by Crippen LogP contribution is 2.16. The zero-order valence-electron chi connectivity index (χ0n) is 14.3. The van der Waals surface area contributed by atoms with Gasteiger partial charge in [0, 0.05) is 22.7 Å². The Balaban J connectivity index is 0.00000529. The van der Waals surface area contributed by atoms with Gasteiger partial charge in [0.2, 0.25) is 5.91 Å². The molecule has 3 N–H and O–H groups in total. The van der Waals surface area contributed by atoms with Gasteiger partial charge in [-0.15, -0.1) is 24.2 Å². The molecule has 4 nitrogen and oxygen atoms in total. The Hall–Kier alpha value is -0.750. The van der Waals surface area contributed by atoms with Crippen molar-refractivity contribution in [1.82, 2.24) is 5.32 Å². The molecule has 1 rings (SSSR count). The van der Waals surface area contributed by atoms with Gasteiger partial charge >= 0.3 is 0 Å². The smallest absolute Gasteiger partial charge is 0.230 e. The molecule has 136 valence electrons. The molecular weight excluding hydrogens is 367 g/mol. The first-order chi connectivity index (χ1) is 10.8. The van der Waals surface area contributed by atoms with Crippen molar-refractivity contribution in [3.05, 3.63) is 34.9 Å². The van der Waals surface area contributed by atoms with E-state index in [2.05, 4.69) is 19.2 Å². The third-order valence-corrected chi connectivity index (χ3v) is 4.57. The lowest BCUT2D eigenvalue weighted by Crippen LogP contribution is -2.52. The fourth-order valence-electron chi connectivity index (χ4n) is 2.41. The zero-order chi connectivity index (χ0) is 17.5. The number of Topliss-reactive ketones (excluding diaryl/α,β-unsaturated/α-hetero) is 1. The van der Waals surface area contributed by atoms with Gasteiger partial charge in [-0.1, -0.05) is 25.4 Å². The number of carbonyl (C=O) groups is 2. The number of thioether (sulfide) groups is 1. The van der Waals surface area contributed by atoms with Gasteiger partial charge in [0.15, 0.2) is 5.78 Å². The molecule has 0 saturated heterocycles. The van der Waals surface area contributed by atoms with Crippen molar-refractivity contribution in [1.29, 1.82) is 0 Å². The first-order valence-corrected chi connectivity index (χ1v) is 9.16. The predicted molar refractivity (Wildman–Crippen MR) is 105 cm³/mol. The maximum atomic E-state index is 12.0. The highest BCUT2D eigenvalue weighted by Gasteiger charge is 2.25. The van der Waals surface area contributed by atoms with E-state index in [-0.39, 0.29) is 35.6 Å². The zero-order valence-corrected chi connectivity index (χ0v) is 16.7. The van der Waals surface area contributed by atoms with E-state index < -0.39 is 5.54 Å². The minimum absolute atomic E-state index is 0. The van der Waals surface area contributed by atoms with Gasteiger partial charge in [0.1, 0.15) is 0 Å². The number of rotatable bonds is 9. The Morgan fingerprint density at radius 1 is 1.25 bits per heavy atom. The predicted octanol–water partition coefficient (Wildman–Crippen LogP) is 3.56. The Bertz CT molecular complexity index is 538. The summed E-state index contributed by atoms with van der Waals surface area (Å²) < 4.78 is 0. The number of halogens is 2. The van der Waals surface area contributed by atoms with Crippen molar-refractivity contribution in [2.24, 2.45) is 11.7 Å². The van der Waals surface area contributed by atoms with Crippen LogP contribution in [0, 0.1) is 5.92 Å². The number of benzene rings is 1. The molecule has 1 aromatic carbocycles. The van der Waals surface area contributed by atoms with E-state index in [1.807, 2.05) is 6.92 Å². The normalized spacial score (nSPS) is 13.1. The number of nitrogens with one attached hydrogen (secondary N) is 1. The van der Waals surface area contributed by atoms with Crippen molar-refractivity contribution in [3.8, 4) is 0 Å². The summed E-state index contributed by atoms with van der Waals surface area (Å²) in [6.07, 6.45) is 0.823. The number of nitrogens with two attached hydrogens (primary N) is 1. The summed E-state index contributed by atoms with van der Waals surface area (Å²) in [6.45, 7) is 6.54. The number of amides is 1. The first-order valence-electron chi connectivity index (χ1n) is 7.63. The highest BCUT2D eigenvalue weighted by atomic mass is 35.5. The molecule has 0 radical (unpaired) electrons. The molecule has 0 aromatic heterocycles. The maximum Gasteiger partial charge on any atom is 0.230 e. The molecular formula is C17H26Cl2N2O2S. The van der Waals surface area contributed by atoms with Crippen molar-refractivity contribution in [2.75, 3.05) is 18.1 Å². The van der Waals surface area contributed by atoms with Gasteiger partial charge in [-0.3, -0.25) is 9.59 Å². The Morgan fingerprint density at radius 3 is 2.33 bits per heavy atom. The molecule has 0 aliphatic rings. The molecule has 1 amide bonds. The molecule has 0 aliphatic carbocycles. The van der Waals surface area contributed by atoms with E-state index in [9.17, 15) is 9.59 Å². The topological polar surface area (TPSA) is 72.2 Å². The summed E-state index contributed by atoms with van der Waals surface area (Å²) in [4.78, 5) is 24.1. The molecule has 0 saturated carbocycles. The Morgan fingerprint density at radius 2 is 1.83 bits per heavy atom. The van der Waals surface area contributed by atoms with Crippen LogP contribution in [0.5, 0.6) is 0 Å². The second-order valence-electron chi connectivity index (χ2n) is 6.33. The average Bonchev–Trinajstić information content (AvgIpc) is 2.46. The molecule has 0 heterocycles. The van der Waals surface area contributed by atoms with Gasteiger partial charge in [-0.25, -0.2) is 0 Å². The van der Waals surface area contributed by atoms with Crippen molar-refractivity contribution in [2.45, 2.75) is 32.7 Å². The Labute approximate surface area is 159 Å². The summed E-state index contributed by atoms with van der Waals surface area (Å²) in [7, 11) is 0. The SMILES string of the molecule is CC(C)CC(C)(CN)NC(=O)CSCC(=O)c1ccc(Cl)cc1.Cl. The van der Waals surface area contributed by atoms with Crippen LogP contribution in [0.25, 0.3) is 0 Å². The van der Waals surface area contributed by atoms with E-state index in [1.54, 1.807) is 24.3 Å². The number of carbonyl (C=O) groups excluding carboxylic acids is 2. The second-order valence-corrected chi connectivity index (χ2v) is 7.76. The van der Waals surface area contributed by atoms with Gasteiger partial charge in [-0.2, -0.15) is 0 Å². The van der Waals surface area contributed by atoms with Crippen LogP contribution in [0.2, 0.25) is 5.02 Å². The van der Waals surface area contributed by atoms with E-state index in [1.165, 1.54) is 11.8 Å². The molecule has 1 unspecified atom stereocenters. The highest BCUT2D eigenvalue weighted by molar-refractivity contribution is 8.00. The summed E-state index contributed by atoms with van der Waals surface area (Å²) in [6, 6.07) is 6.76. The van der Waals surface area contributed by atoms with Gasteiger partial charge in [0.25, 0.3) is 0 Å². The lowest BCUT2D eigenvalue weighted by atomic mass is 9.91. The lowest BCUT2D eigenvalue weighted by Gasteiger charge is -2.31. The summed E-state index contributed by atoms with van der Waals surface area (Å²) in [5.74, 6) is 0.852. The van der Waals surface area contributed by atoms with E-state index in [0.717, 1.165) is 6.42 Å². The second kappa shape index (κ2) is 11.0. The van der Waals surface area contributed by atoms with Crippen molar-refractivity contribution >= 4 is 47.5 Å². The van der Waals surface area contributed by atoms with E-state index in [4.69, 9.17) is 17.3 Å². The largest absolute Gasteiger partial charge is 0.349 e. The molecule has 0 aliphatic heterocycles. The standard InChI is InChI=1S/C17H25ClN2O2S.ClH/c1-12(2)8-17(3,11-19)20-16(22)10-23-9-15(21)13-4-6-14(18)7-5-13;/h4-7,12H,8-11,19H2,1-3H3,(H,20,22);1H. The van der Waals surface area contributed by atoms with Crippen LogP contribution < -0.4 is 11.1 Å². The minimum atomic E-state index is -0.397. The van der Waals surface area contributed by atoms with Gasteiger partial charge in [-0.05, 0) is 43.5 Å². The molecule has 0 spiro atoms. The number of ketones is 1. The molecule has 0 bridgehead atoms. The average molecular weight is 393 g/mol. The van der Waals surface area contributed by atoms with Crippen LogP contribution >= 0.6 is 35.8 Å². The summed E-state index contributed by atoms with van der Waals surface area (Å²) in [5, 5.41) is 3.58. The van der Waals surface area contributed by atoms with Crippen molar-refractivity contribution < 1.29 is 9.59 Å². The van der Waals surface area contributed by atoms with Gasteiger partial charge in [0.05, 0.1) is 11.5 Å². The summed E-state index contributed by atoms with van der Waals surface area (Å²) in [5.41, 5.74) is 5.99. The summed E-state index contributed by atoms with van der Waals surface area (Å²) >= 11 is 7.10. The molecule has 0 fully saturated rings. The maximum absolute atomic E-state index is 12.0. The van der Waals surface area contributed by atoms with E-state index in [0.29, 0.717) is 23.0 Å². The fourth-order valence-corrected chi connectivity index (χ4v) is 3.25. The van der Waals surface area contributed by atoms with Gasteiger partial charge < -0.3 is 11.1 Å². The van der Waals surface area contributed by atoms with Crippen LogP contribution in [-0.2, 0) is 4.79 Å². The molecule has 1 aromatic rings. The third kappa shape index (κ3) is 8.38. The molecule has 24 heavy (non-hydrogen) atoms. The van der Waals surface area contributed by atoms with Crippen LogP contribution in [0.1, 0.15) is 37.6 Å². The minimum Gasteiger partial charge on any atom is -0.349 e. The lowest BCUT2D eigenvalue weighted by molar-refractivity contribution is -0.120. The van der Waals surface area contributed by atoms with Crippen LogP contribution in [0.4, 0.5) is 0 Å². The number of hydrogen-bond acceptors (Lipinski definition) is 4. The molecule has 7 heteroatoms. The fraction of sp³-hybridized carbons (Fsp3) is 0.529. The first kappa shape index (κ1) is 23.2. The van der Waals surface area contributed by atoms with Crippen LogP contribution in [0.3, 0.4) is 0 Å². The van der Waals surface area contributed by atoms with Crippen LogP contribution in [-0.4, -0.2) is 35.3 Å². The molecule has 1 atom stereocenters. The van der Waals surface area contributed by atoms with E-state index >= 15 is 0 Å². The third-order valence-electron chi connectivity index (χ3n) is 3.38. The van der Waals surface area contributed by atoms with Crippen molar-refractivity contribution in [3.63, 3.8) is 0 Å². The number of hydrogen-bond donors (Lipinski definition) is 2. The monoisotopic (exact) mass is 392 g/mol. The Kier molecular flexibility index (Phi) is 10.6.